The average molecular weight is 410 g/mol. The zero-order valence-electron chi connectivity index (χ0n) is 17.8. The Bertz CT molecular complexity index is 651. The highest BCUT2D eigenvalue weighted by molar-refractivity contribution is 7.84. The fourth-order valence-electron chi connectivity index (χ4n) is 2.85. The predicted octanol–water partition coefficient (Wildman–Crippen LogP) is 4.15. The zero-order chi connectivity index (χ0) is 20.8. The molecule has 0 spiro atoms. The molecule has 1 heterocycles. The molecule has 0 saturated carbocycles. The Kier molecular flexibility index (Phi) is 8.25. The minimum absolute atomic E-state index is 0.0309. The van der Waals surface area contributed by atoms with E-state index >= 15 is 0 Å². The largest absolute Gasteiger partial charge is 0.491 e. The number of hydrogen-bond donors (Lipinski definition) is 1. The van der Waals surface area contributed by atoms with Gasteiger partial charge in [-0.25, -0.2) is 8.93 Å². The maximum atomic E-state index is 12.2. The van der Waals surface area contributed by atoms with E-state index in [0.29, 0.717) is 13.2 Å². The Balaban J connectivity index is 1.72. The molecule has 5 nitrogen and oxygen atoms in total. The van der Waals surface area contributed by atoms with E-state index in [0.717, 1.165) is 25.0 Å². The molecule has 0 amide bonds. The van der Waals surface area contributed by atoms with Gasteiger partial charge in [0, 0.05) is 6.04 Å². The lowest BCUT2D eigenvalue weighted by Gasteiger charge is -2.22. The second-order valence-electron chi connectivity index (χ2n) is 8.64. The summed E-state index contributed by atoms with van der Waals surface area (Å²) in [5, 5.41) is 0. The van der Waals surface area contributed by atoms with Crippen LogP contribution in [0.15, 0.2) is 36.9 Å². The number of nitrogens with one attached hydrogen (secondary N) is 1. The van der Waals surface area contributed by atoms with Crippen LogP contribution in [0.3, 0.4) is 0 Å². The number of benzene rings is 1. The van der Waals surface area contributed by atoms with Crippen LogP contribution in [0, 0.1) is 0 Å². The van der Waals surface area contributed by atoms with Crippen molar-refractivity contribution in [3.05, 3.63) is 42.5 Å². The summed E-state index contributed by atoms with van der Waals surface area (Å²) in [5.41, 5.74) is 1.26. The van der Waals surface area contributed by atoms with Crippen molar-refractivity contribution in [2.75, 3.05) is 13.2 Å². The molecule has 6 heteroatoms. The van der Waals surface area contributed by atoms with Gasteiger partial charge in [-0.2, -0.15) is 0 Å². The van der Waals surface area contributed by atoms with E-state index in [2.05, 4.69) is 23.4 Å². The molecule has 1 aliphatic rings. The summed E-state index contributed by atoms with van der Waals surface area (Å²) in [7, 11) is -1.08. The molecule has 158 valence electrons. The van der Waals surface area contributed by atoms with Crippen molar-refractivity contribution in [1.29, 1.82) is 0 Å². The third-order valence-electron chi connectivity index (χ3n) is 4.51. The van der Waals surface area contributed by atoms with Crippen molar-refractivity contribution in [3.63, 3.8) is 0 Å². The van der Waals surface area contributed by atoms with Crippen LogP contribution in [-0.2, 0) is 26.9 Å². The van der Waals surface area contributed by atoms with Crippen LogP contribution in [0.5, 0.6) is 5.75 Å². The van der Waals surface area contributed by atoms with E-state index < -0.39 is 16.8 Å². The lowest BCUT2D eigenvalue weighted by molar-refractivity contribution is -0.141. The van der Waals surface area contributed by atoms with Crippen molar-refractivity contribution < 1.29 is 18.4 Å². The second-order valence-corrected chi connectivity index (χ2v) is 10.6. The monoisotopic (exact) mass is 409 g/mol. The van der Waals surface area contributed by atoms with Gasteiger partial charge in [0.2, 0.25) is 0 Å². The Hall–Kier alpha value is -1.21. The van der Waals surface area contributed by atoms with Gasteiger partial charge in [-0.15, -0.1) is 6.58 Å². The van der Waals surface area contributed by atoms with Gasteiger partial charge in [0.1, 0.15) is 18.5 Å². The van der Waals surface area contributed by atoms with Crippen LogP contribution >= 0.6 is 0 Å². The maximum absolute atomic E-state index is 12.2. The van der Waals surface area contributed by atoms with Crippen LogP contribution in [0.4, 0.5) is 0 Å². The van der Waals surface area contributed by atoms with Gasteiger partial charge < -0.3 is 14.2 Å². The Morgan fingerprint density at radius 3 is 2.57 bits per heavy atom. The van der Waals surface area contributed by atoms with Gasteiger partial charge in [-0.1, -0.05) is 18.2 Å². The van der Waals surface area contributed by atoms with Crippen molar-refractivity contribution in [3.8, 4) is 5.75 Å². The predicted molar refractivity (Wildman–Crippen MR) is 115 cm³/mol. The van der Waals surface area contributed by atoms with E-state index in [1.807, 2.05) is 52.8 Å². The average Bonchev–Trinajstić information content (AvgIpc) is 2.98. The number of hydrogen-bond acceptors (Lipinski definition) is 4. The number of ether oxygens (including phenoxy) is 3. The van der Waals surface area contributed by atoms with Crippen LogP contribution < -0.4 is 9.46 Å². The van der Waals surface area contributed by atoms with Crippen LogP contribution in [0.2, 0.25) is 0 Å². The molecule has 1 N–H and O–H groups in total. The third-order valence-corrected chi connectivity index (χ3v) is 6.14. The Morgan fingerprint density at radius 2 is 2.04 bits per heavy atom. The summed E-state index contributed by atoms with van der Waals surface area (Å²) >= 11 is 0. The molecule has 1 saturated heterocycles. The summed E-state index contributed by atoms with van der Waals surface area (Å²) in [6, 6.07) is 8.23. The second kappa shape index (κ2) is 10.0. The highest BCUT2D eigenvalue weighted by atomic mass is 32.2. The fraction of sp³-hybridized carbons (Fsp3) is 0.636. The van der Waals surface area contributed by atoms with E-state index in [-0.39, 0.29) is 16.9 Å². The maximum Gasteiger partial charge on any atom is 0.163 e. The summed E-state index contributed by atoms with van der Waals surface area (Å²) in [5.74, 6) is 0.318. The number of rotatable bonds is 10. The van der Waals surface area contributed by atoms with E-state index in [1.54, 1.807) is 0 Å². The van der Waals surface area contributed by atoms with Gasteiger partial charge in [0.05, 0.1) is 22.3 Å². The van der Waals surface area contributed by atoms with Crippen LogP contribution in [-0.4, -0.2) is 40.1 Å². The minimum atomic E-state index is -1.08. The molecule has 1 fully saturated rings. The van der Waals surface area contributed by atoms with Gasteiger partial charge in [0.25, 0.3) is 0 Å². The summed E-state index contributed by atoms with van der Waals surface area (Å²) in [4.78, 5) is 0. The standard InChI is InChI=1S/C22H35NO4S/c1-7-18(23-28(24)21(2,3)4)10-8-9-17-11-13-19(14-12-17)25-15-20-16-26-22(5,6)27-20/h7,11-14,18,20,23H,1,8-10,15-16H2,2-6H3/t18?,20-,28?/m1/s1. The van der Waals surface area contributed by atoms with Crippen LogP contribution in [0.25, 0.3) is 0 Å². The summed E-state index contributed by atoms with van der Waals surface area (Å²) < 4.78 is 32.2. The first-order valence-electron chi connectivity index (χ1n) is 9.93. The lowest BCUT2D eigenvalue weighted by Crippen LogP contribution is -2.38. The lowest BCUT2D eigenvalue weighted by atomic mass is 10.1. The molecule has 2 unspecified atom stereocenters. The molecule has 1 aromatic rings. The molecular formula is C22H35NO4S. The molecule has 0 bridgehead atoms. The molecular weight excluding hydrogens is 374 g/mol. The van der Waals surface area contributed by atoms with Crippen LogP contribution in [0.1, 0.15) is 53.0 Å². The smallest absolute Gasteiger partial charge is 0.163 e. The van der Waals surface area contributed by atoms with Crippen molar-refractivity contribution in [1.82, 2.24) is 4.72 Å². The first-order chi connectivity index (χ1) is 13.1. The number of aryl methyl sites for hydroxylation is 1. The van der Waals surface area contributed by atoms with Crippen molar-refractivity contribution in [2.45, 2.75) is 76.6 Å². The fourth-order valence-corrected chi connectivity index (χ4v) is 3.69. The summed E-state index contributed by atoms with van der Waals surface area (Å²) in [6.07, 6.45) is 4.67. The minimum Gasteiger partial charge on any atom is -0.491 e. The third kappa shape index (κ3) is 7.66. The molecule has 0 aromatic heterocycles. The molecule has 1 aliphatic heterocycles. The van der Waals surface area contributed by atoms with Gasteiger partial charge in [-0.3, -0.25) is 0 Å². The Labute approximate surface area is 172 Å². The van der Waals surface area contributed by atoms with E-state index in [1.165, 1.54) is 5.56 Å². The van der Waals surface area contributed by atoms with E-state index in [9.17, 15) is 4.21 Å². The van der Waals surface area contributed by atoms with Gasteiger partial charge in [-0.05, 0) is 71.6 Å². The molecule has 0 radical (unpaired) electrons. The molecule has 2 rings (SSSR count). The summed E-state index contributed by atoms with van der Waals surface area (Å²) in [6.45, 7) is 14.6. The van der Waals surface area contributed by atoms with Crippen molar-refractivity contribution in [2.24, 2.45) is 0 Å². The SMILES string of the molecule is C=CC(CCCc1ccc(OC[C@@H]2COC(C)(C)O2)cc1)NS(=O)C(C)(C)C. The molecule has 0 aliphatic carbocycles. The van der Waals surface area contributed by atoms with Gasteiger partial charge >= 0.3 is 0 Å². The molecule has 28 heavy (non-hydrogen) atoms. The quantitative estimate of drug-likeness (QED) is 0.590. The highest BCUT2D eigenvalue weighted by Gasteiger charge is 2.32. The Morgan fingerprint density at radius 1 is 1.36 bits per heavy atom. The van der Waals surface area contributed by atoms with E-state index in [4.69, 9.17) is 14.2 Å². The van der Waals surface area contributed by atoms with Crippen molar-refractivity contribution >= 4 is 11.0 Å². The first kappa shape index (κ1) is 23.1. The normalized spacial score (nSPS) is 21.2. The first-order valence-corrected chi connectivity index (χ1v) is 11.1. The topological polar surface area (TPSA) is 56.8 Å². The highest BCUT2D eigenvalue weighted by Crippen LogP contribution is 2.23. The molecule has 1 aromatic carbocycles. The molecule has 3 atom stereocenters. The zero-order valence-corrected chi connectivity index (χ0v) is 18.6. The van der Waals surface area contributed by atoms with Gasteiger partial charge in [0.15, 0.2) is 5.79 Å².